The maximum atomic E-state index is 5.23. The smallest absolute Gasteiger partial charge is 0.0671 e. The maximum Gasteiger partial charge on any atom is 0.0671 e. The van der Waals surface area contributed by atoms with Gasteiger partial charge in [0.15, 0.2) is 0 Å². The van der Waals surface area contributed by atoms with Gasteiger partial charge >= 0.3 is 0 Å². The molecule has 1 unspecified atom stereocenters. The van der Waals surface area contributed by atoms with Gasteiger partial charge in [0.05, 0.1) is 18.8 Å². The minimum absolute atomic E-state index is 0.323. The number of rotatable bonds is 5. The highest BCUT2D eigenvalue weighted by atomic mass is 16.5. The van der Waals surface area contributed by atoms with Crippen LogP contribution in [0.3, 0.4) is 0 Å². The van der Waals surface area contributed by atoms with Crippen molar-refractivity contribution in [3.8, 4) is 0 Å². The molecule has 0 aromatic rings. The van der Waals surface area contributed by atoms with Crippen molar-refractivity contribution >= 4 is 0 Å². The van der Waals surface area contributed by atoms with Gasteiger partial charge in [-0.25, -0.2) is 0 Å². The summed E-state index contributed by atoms with van der Waals surface area (Å²) in [5, 5.41) is 3.61. The van der Waals surface area contributed by atoms with Crippen LogP contribution in [0, 0.1) is 5.92 Å². The van der Waals surface area contributed by atoms with Gasteiger partial charge in [-0.05, 0) is 18.9 Å². The molecule has 0 aromatic heterocycles. The molecule has 0 radical (unpaired) electrons. The van der Waals surface area contributed by atoms with Crippen molar-refractivity contribution in [2.24, 2.45) is 5.92 Å². The van der Waals surface area contributed by atoms with E-state index in [2.05, 4.69) is 26.1 Å². The van der Waals surface area contributed by atoms with E-state index >= 15 is 0 Å². The number of ether oxygens (including phenoxy) is 1. The molecule has 1 N–H and O–H groups in total. The lowest BCUT2D eigenvalue weighted by atomic mass is 9.93. The van der Waals surface area contributed by atoms with E-state index in [0.29, 0.717) is 5.54 Å². The molecule has 1 heterocycles. The number of nitrogens with one attached hydrogen (secondary N) is 1. The average molecular weight is 171 g/mol. The summed E-state index contributed by atoms with van der Waals surface area (Å²) in [6.07, 6.45) is 2.44. The van der Waals surface area contributed by atoms with Crippen molar-refractivity contribution in [2.45, 2.75) is 39.2 Å². The van der Waals surface area contributed by atoms with Crippen LogP contribution in [-0.4, -0.2) is 25.3 Å². The molecule has 72 valence electrons. The second-order valence-corrected chi connectivity index (χ2v) is 4.02. The zero-order valence-electron chi connectivity index (χ0n) is 8.52. The molecular formula is C10H21NO. The Morgan fingerprint density at radius 1 is 1.42 bits per heavy atom. The highest BCUT2D eigenvalue weighted by molar-refractivity contribution is 4.93. The Morgan fingerprint density at radius 2 is 2.08 bits per heavy atom. The fourth-order valence-corrected chi connectivity index (χ4v) is 1.31. The predicted molar refractivity (Wildman–Crippen MR) is 51.3 cm³/mol. The van der Waals surface area contributed by atoms with Crippen molar-refractivity contribution in [2.75, 3.05) is 19.8 Å². The van der Waals surface area contributed by atoms with Gasteiger partial charge in [0.1, 0.15) is 0 Å². The Bertz CT molecular complexity index is 126. The van der Waals surface area contributed by atoms with Crippen LogP contribution < -0.4 is 5.32 Å². The molecule has 0 aromatic carbocycles. The molecular weight excluding hydrogens is 150 g/mol. The van der Waals surface area contributed by atoms with E-state index in [4.69, 9.17) is 4.74 Å². The lowest BCUT2D eigenvalue weighted by Gasteiger charge is -2.42. The first-order valence-corrected chi connectivity index (χ1v) is 5.05. The standard InChI is InChI=1S/C10H21NO/c1-4-9(3)6-11-10(5-2)7-12-8-10/h9,11H,4-8H2,1-3H3. The topological polar surface area (TPSA) is 21.3 Å². The Balaban J connectivity index is 2.20. The van der Waals surface area contributed by atoms with Gasteiger partial charge in [0.25, 0.3) is 0 Å². The number of hydrogen-bond donors (Lipinski definition) is 1. The van der Waals surface area contributed by atoms with Crippen LogP contribution in [-0.2, 0) is 4.74 Å². The van der Waals surface area contributed by atoms with E-state index in [0.717, 1.165) is 25.7 Å². The first kappa shape index (κ1) is 10.0. The van der Waals surface area contributed by atoms with Gasteiger partial charge in [-0.15, -0.1) is 0 Å². The predicted octanol–water partition coefficient (Wildman–Crippen LogP) is 1.80. The van der Waals surface area contributed by atoms with Crippen LogP contribution in [0.4, 0.5) is 0 Å². The van der Waals surface area contributed by atoms with Crippen molar-refractivity contribution in [3.63, 3.8) is 0 Å². The summed E-state index contributed by atoms with van der Waals surface area (Å²) < 4.78 is 5.23. The fraction of sp³-hybridized carbons (Fsp3) is 1.00. The normalized spacial score (nSPS) is 23.2. The van der Waals surface area contributed by atoms with Crippen LogP contribution >= 0.6 is 0 Å². The first-order valence-electron chi connectivity index (χ1n) is 5.05. The summed E-state index contributed by atoms with van der Waals surface area (Å²) >= 11 is 0. The molecule has 0 bridgehead atoms. The van der Waals surface area contributed by atoms with Crippen LogP contribution in [0.5, 0.6) is 0 Å². The van der Waals surface area contributed by atoms with Crippen LogP contribution in [0.25, 0.3) is 0 Å². The van der Waals surface area contributed by atoms with E-state index in [1.807, 2.05) is 0 Å². The Labute approximate surface area is 75.7 Å². The van der Waals surface area contributed by atoms with Gasteiger partial charge in [-0.1, -0.05) is 27.2 Å². The van der Waals surface area contributed by atoms with Crippen LogP contribution in [0.1, 0.15) is 33.6 Å². The molecule has 1 atom stereocenters. The quantitative estimate of drug-likeness (QED) is 0.681. The van der Waals surface area contributed by atoms with Crippen molar-refractivity contribution in [3.05, 3.63) is 0 Å². The molecule has 1 saturated heterocycles. The van der Waals surface area contributed by atoms with Crippen molar-refractivity contribution in [1.82, 2.24) is 5.32 Å². The van der Waals surface area contributed by atoms with Gasteiger partial charge in [-0.2, -0.15) is 0 Å². The van der Waals surface area contributed by atoms with Crippen molar-refractivity contribution < 1.29 is 4.74 Å². The molecule has 0 spiro atoms. The monoisotopic (exact) mass is 171 g/mol. The summed E-state index contributed by atoms with van der Waals surface area (Å²) in [6, 6.07) is 0. The summed E-state index contributed by atoms with van der Waals surface area (Å²) in [5.41, 5.74) is 0.323. The SMILES string of the molecule is CCC(C)CNC1(CC)COC1. The average Bonchev–Trinajstić information content (AvgIpc) is 2.03. The molecule has 1 aliphatic heterocycles. The van der Waals surface area contributed by atoms with Gasteiger partial charge < -0.3 is 10.1 Å². The van der Waals surface area contributed by atoms with Crippen LogP contribution in [0.15, 0.2) is 0 Å². The van der Waals surface area contributed by atoms with Crippen molar-refractivity contribution in [1.29, 1.82) is 0 Å². The Hall–Kier alpha value is -0.0800. The molecule has 1 aliphatic rings. The Kier molecular flexibility index (Phi) is 3.53. The summed E-state index contributed by atoms with van der Waals surface area (Å²) in [5.74, 6) is 0.786. The van der Waals surface area contributed by atoms with Gasteiger partial charge in [-0.3, -0.25) is 0 Å². The summed E-state index contributed by atoms with van der Waals surface area (Å²) in [6.45, 7) is 9.69. The third kappa shape index (κ3) is 2.20. The molecule has 0 aliphatic carbocycles. The second-order valence-electron chi connectivity index (χ2n) is 4.02. The lowest BCUT2D eigenvalue weighted by Crippen LogP contribution is -2.60. The zero-order chi connectivity index (χ0) is 9.03. The van der Waals surface area contributed by atoms with Gasteiger partial charge in [0.2, 0.25) is 0 Å². The second kappa shape index (κ2) is 4.24. The summed E-state index contributed by atoms with van der Waals surface area (Å²) in [7, 11) is 0. The molecule has 2 heteroatoms. The molecule has 0 saturated carbocycles. The van der Waals surface area contributed by atoms with Crippen LogP contribution in [0.2, 0.25) is 0 Å². The fourth-order valence-electron chi connectivity index (χ4n) is 1.31. The molecule has 12 heavy (non-hydrogen) atoms. The third-order valence-electron chi connectivity index (χ3n) is 2.96. The maximum absolute atomic E-state index is 5.23. The highest BCUT2D eigenvalue weighted by Crippen LogP contribution is 2.20. The molecule has 2 nitrogen and oxygen atoms in total. The molecule has 1 fully saturated rings. The number of hydrogen-bond acceptors (Lipinski definition) is 2. The van der Waals surface area contributed by atoms with E-state index in [-0.39, 0.29) is 0 Å². The van der Waals surface area contributed by atoms with E-state index < -0.39 is 0 Å². The minimum Gasteiger partial charge on any atom is -0.377 e. The Morgan fingerprint density at radius 3 is 2.42 bits per heavy atom. The third-order valence-corrected chi connectivity index (χ3v) is 2.96. The lowest BCUT2D eigenvalue weighted by molar-refractivity contribution is -0.0771. The minimum atomic E-state index is 0.323. The zero-order valence-corrected chi connectivity index (χ0v) is 8.52. The van der Waals surface area contributed by atoms with Gasteiger partial charge in [0, 0.05) is 0 Å². The van der Waals surface area contributed by atoms with E-state index in [1.165, 1.54) is 12.8 Å². The molecule has 0 amide bonds. The first-order chi connectivity index (χ1) is 5.72. The van der Waals surface area contributed by atoms with E-state index in [9.17, 15) is 0 Å². The molecule has 1 rings (SSSR count). The largest absolute Gasteiger partial charge is 0.377 e. The van der Waals surface area contributed by atoms with E-state index in [1.54, 1.807) is 0 Å². The highest BCUT2D eigenvalue weighted by Gasteiger charge is 2.35. The summed E-state index contributed by atoms with van der Waals surface area (Å²) in [4.78, 5) is 0.